The number of ketones is 1. The van der Waals surface area contributed by atoms with E-state index in [0.717, 1.165) is 0 Å². The van der Waals surface area contributed by atoms with Crippen LogP contribution < -0.4 is 0 Å². The first-order valence-electron chi connectivity index (χ1n) is 3.33. The van der Waals surface area contributed by atoms with Gasteiger partial charge in [-0.3, -0.25) is 4.79 Å². The number of Topliss-reactive ketones (excluding diaryl/α,β-unsaturated/α-hetero) is 1. The van der Waals surface area contributed by atoms with Crippen LogP contribution in [0.15, 0.2) is 0 Å². The molecule has 0 rings (SSSR count). The summed E-state index contributed by atoms with van der Waals surface area (Å²) in [5.41, 5.74) is 0. The first kappa shape index (κ1) is 14.9. The largest absolute Gasteiger partial charge is 0.412 e. The Morgan fingerprint density at radius 2 is 1.62 bits per heavy atom. The molecule has 0 unspecified atom stereocenters. The Morgan fingerprint density at radius 1 is 1.15 bits per heavy atom. The Labute approximate surface area is 74.2 Å². The average Bonchev–Trinajstić information content (AvgIpc) is 2.12. The lowest BCUT2D eigenvalue weighted by Gasteiger charge is -2.19. The maximum Gasteiger partial charge on any atom is 0.189 e. The first-order valence-corrected chi connectivity index (χ1v) is 3.33. The van der Waals surface area contributed by atoms with Gasteiger partial charge in [-0.2, -0.15) is 0 Å². The van der Waals surface area contributed by atoms with Crippen molar-refractivity contribution in [3.8, 4) is 0 Å². The third-order valence-corrected chi connectivity index (χ3v) is 1.39. The van der Waals surface area contributed by atoms with Gasteiger partial charge in [-0.05, 0) is 0 Å². The van der Waals surface area contributed by atoms with Crippen molar-refractivity contribution in [3.63, 3.8) is 0 Å². The van der Waals surface area contributed by atoms with Crippen LogP contribution in [0.3, 0.4) is 0 Å². The van der Waals surface area contributed by atoms with E-state index in [-0.39, 0.29) is 5.48 Å². The molecule has 0 aromatic heterocycles. The summed E-state index contributed by atoms with van der Waals surface area (Å²) in [6, 6.07) is 0. The molecule has 0 radical (unpaired) electrons. The highest BCUT2D eigenvalue weighted by Gasteiger charge is 2.28. The molecule has 0 aromatic rings. The summed E-state index contributed by atoms with van der Waals surface area (Å²) < 4.78 is 0. The molecule has 80 valence electrons. The molecular formula is C6H14O7. The number of carbonyl (C=O) groups is 1. The van der Waals surface area contributed by atoms with Gasteiger partial charge in [-0.1, -0.05) is 0 Å². The van der Waals surface area contributed by atoms with Crippen LogP contribution in [0.5, 0.6) is 0 Å². The van der Waals surface area contributed by atoms with Gasteiger partial charge in [-0.15, -0.1) is 0 Å². The second-order valence-corrected chi connectivity index (χ2v) is 2.31. The molecule has 0 aliphatic rings. The predicted molar refractivity (Wildman–Crippen MR) is 40.8 cm³/mol. The molecule has 0 saturated heterocycles. The summed E-state index contributed by atoms with van der Waals surface area (Å²) in [5.74, 6) is -1.00. The third kappa shape index (κ3) is 4.27. The van der Waals surface area contributed by atoms with Gasteiger partial charge < -0.3 is 31.0 Å². The van der Waals surface area contributed by atoms with E-state index in [1.165, 1.54) is 0 Å². The summed E-state index contributed by atoms with van der Waals surface area (Å²) >= 11 is 0. The van der Waals surface area contributed by atoms with Gasteiger partial charge in [0.1, 0.15) is 24.9 Å². The Morgan fingerprint density at radius 3 is 1.92 bits per heavy atom. The average molecular weight is 198 g/mol. The van der Waals surface area contributed by atoms with Crippen molar-refractivity contribution in [1.29, 1.82) is 0 Å². The van der Waals surface area contributed by atoms with E-state index in [2.05, 4.69) is 0 Å². The maximum atomic E-state index is 10.5. The first-order chi connectivity index (χ1) is 5.54. The molecule has 0 fully saturated rings. The van der Waals surface area contributed by atoms with Gasteiger partial charge in [-0.25, -0.2) is 0 Å². The molecule has 0 saturated carbocycles. The number of carbonyl (C=O) groups excluding carboxylic acids is 1. The molecule has 0 aliphatic carbocycles. The summed E-state index contributed by atoms with van der Waals surface area (Å²) in [5, 5.41) is 43.1. The number of hydrogen-bond acceptors (Lipinski definition) is 6. The van der Waals surface area contributed by atoms with Gasteiger partial charge in [0.25, 0.3) is 0 Å². The van der Waals surface area contributed by atoms with Crippen LogP contribution in [-0.2, 0) is 4.79 Å². The smallest absolute Gasteiger partial charge is 0.189 e. The molecule has 0 heterocycles. The van der Waals surface area contributed by atoms with E-state index in [4.69, 9.17) is 25.5 Å². The van der Waals surface area contributed by atoms with Crippen molar-refractivity contribution in [3.05, 3.63) is 0 Å². The fraction of sp³-hybridized carbons (Fsp3) is 0.833. The minimum Gasteiger partial charge on any atom is -0.412 e. The van der Waals surface area contributed by atoms with Crippen molar-refractivity contribution in [2.24, 2.45) is 0 Å². The van der Waals surface area contributed by atoms with Gasteiger partial charge in [0.15, 0.2) is 5.78 Å². The molecule has 7 heteroatoms. The zero-order valence-electron chi connectivity index (χ0n) is 6.79. The topological polar surface area (TPSA) is 150 Å². The van der Waals surface area contributed by atoms with Crippen LogP contribution in [0.25, 0.3) is 0 Å². The van der Waals surface area contributed by atoms with E-state index in [1.807, 2.05) is 0 Å². The highest BCUT2D eigenvalue weighted by molar-refractivity contribution is 5.84. The van der Waals surface area contributed by atoms with E-state index in [1.54, 1.807) is 0 Å². The van der Waals surface area contributed by atoms with Crippen LogP contribution in [-0.4, -0.2) is 68.3 Å². The van der Waals surface area contributed by atoms with Crippen LogP contribution in [0.4, 0.5) is 0 Å². The number of hydrogen-bond donors (Lipinski definition) is 5. The van der Waals surface area contributed by atoms with Crippen molar-refractivity contribution in [1.82, 2.24) is 0 Å². The van der Waals surface area contributed by atoms with E-state index >= 15 is 0 Å². The second-order valence-electron chi connectivity index (χ2n) is 2.31. The Kier molecular flexibility index (Phi) is 7.92. The fourth-order valence-corrected chi connectivity index (χ4v) is 0.602. The highest BCUT2D eigenvalue weighted by atomic mass is 16.4. The molecule has 7 N–H and O–H groups in total. The van der Waals surface area contributed by atoms with Gasteiger partial charge in [0.2, 0.25) is 0 Å². The lowest BCUT2D eigenvalue weighted by molar-refractivity contribution is -0.142. The van der Waals surface area contributed by atoms with Crippen LogP contribution in [0, 0.1) is 0 Å². The molecule has 0 amide bonds. The van der Waals surface area contributed by atoms with E-state index < -0.39 is 37.3 Å². The molecule has 3 atom stereocenters. The Bertz CT molecular complexity index is 148. The van der Waals surface area contributed by atoms with Crippen molar-refractivity contribution < 1.29 is 35.8 Å². The zero-order valence-corrected chi connectivity index (χ0v) is 6.79. The fourth-order valence-electron chi connectivity index (χ4n) is 0.602. The molecular weight excluding hydrogens is 184 g/mol. The number of aliphatic hydroxyl groups is 5. The van der Waals surface area contributed by atoms with E-state index in [0.29, 0.717) is 0 Å². The summed E-state index contributed by atoms with van der Waals surface area (Å²) in [6.45, 7) is -1.69. The second kappa shape index (κ2) is 6.89. The monoisotopic (exact) mass is 198 g/mol. The van der Waals surface area contributed by atoms with Crippen LogP contribution in [0.2, 0.25) is 0 Å². The van der Waals surface area contributed by atoms with Crippen molar-refractivity contribution in [2.75, 3.05) is 13.2 Å². The minimum absolute atomic E-state index is 0. The lowest BCUT2D eigenvalue weighted by atomic mass is 10.1. The normalized spacial score (nSPS) is 17.0. The molecule has 7 nitrogen and oxygen atoms in total. The Balaban J connectivity index is 0. The Hall–Kier alpha value is -0.570. The van der Waals surface area contributed by atoms with E-state index in [9.17, 15) is 4.79 Å². The van der Waals surface area contributed by atoms with Gasteiger partial charge in [0, 0.05) is 0 Å². The molecule has 13 heavy (non-hydrogen) atoms. The van der Waals surface area contributed by atoms with Crippen LogP contribution >= 0.6 is 0 Å². The summed E-state index contributed by atoms with van der Waals surface area (Å²) in [6.07, 6.45) is -5.22. The van der Waals surface area contributed by atoms with Crippen molar-refractivity contribution >= 4 is 5.78 Å². The summed E-state index contributed by atoms with van der Waals surface area (Å²) in [7, 11) is 0. The maximum absolute atomic E-state index is 10.5. The van der Waals surface area contributed by atoms with Gasteiger partial charge in [0.05, 0.1) is 6.61 Å². The summed E-state index contributed by atoms with van der Waals surface area (Å²) in [4.78, 5) is 10.5. The number of rotatable bonds is 5. The molecule has 0 aliphatic heterocycles. The molecule has 0 aromatic carbocycles. The lowest BCUT2D eigenvalue weighted by Crippen LogP contribution is -2.44. The minimum atomic E-state index is -1.86. The third-order valence-electron chi connectivity index (χ3n) is 1.39. The predicted octanol–water partition coefficient (Wildman–Crippen LogP) is -4.20. The molecule has 0 bridgehead atoms. The highest BCUT2D eigenvalue weighted by Crippen LogP contribution is 2.00. The quantitative estimate of drug-likeness (QED) is 0.302. The standard InChI is InChI=1S/C6H12O6.H2O/c7-1-3(9)5(11)6(12)4(10)2-8;/h3,5-9,11-12H,1-2H2;1H2/t3-,5+,6+;/m0./s1. The molecule has 0 spiro atoms. The van der Waals surface area contributed by atoms with Gasteiger partial charge >= 0.3 is 0 Å². The SMILES string of the molecule is O.O=C(CO)[C@@H](O)[C@H](O)[C@@H](O)CO. The number of aliphatic hydroxyl groups excluding tert-OH is 5. The zero-order chi connectivity index (χ0) is 9.72. The van der Waals surface area contributed by atoms with Crippen LogP contribution in [0.1, 0.15) is 0 Å². The van der Waals surface area contributed by atoms with Crippen molar-refractivity contribution in [2.45, 2.75) is 18.3 Å².